The predicted molar refractivity (Wildman–Crippen MR) is 48.8 cm³/mol. The number of halogens is 2. The molecule has 0 bridgehead atoms. The fourth-order valence-corrected chi connectivity index (χ4v) is 1.27. The molecule has 0 unspecified atom stereocenters. The predicted octanol–water partition coefficient (Wildman–Crippen LogP) is 3.54. The van der Waals surface area contributed by atoms with E-state index in [0.29, 0.717) is 0 Å². The van der Waals surface area contributed by atoms with Gasteiger partial charge in [0.05, 0.1) is 0 Å². The van der Waals surface area contributed by atoms with Crippen molar-refractivity contribution in [1.82, 2.24) is 0 Å². The molecule has 0 aromatic heterocycles. The van der Waals surface area contributed by atoms with E-state index in [9.17, 15) is 0 Å². The molecular weight excluding hydrogens is 211 g/mol. The van der Waals surface area contributed by atoms with Gasteiger partial charge in [-0.3, -0.25) is 0 Å². The summed E-state index contributed by atoms with van der Waals surface area (Å²) in [6.45, 7) is 2.00. The summed E-state index contributed by atoms with van der Waals surface area (Å²) in [6, 6.07) is 6.07. The van der Waals surface area contributed by atoms with Crippen LogP contribution in [0.4, 0.5) is 0 Å². The Kier molecular flexibility index (Phi) is 2.75. The molecule has 0 saturated carbocycles. The van der Waals surface area contributed by atoms with Crippen LogP contribution in [0.3, 0.4) is 0 Å². The summed E-state index contributed by atoms with van der Waals surface area (Å²) in [6.07, 6.45) is 0. The first-order chi connectivity index (χ1) is 4.74. The van der Waals surface area contributed by atoms with Crippen LogP contribution in [0.1, 0.15) is 11.1 Å². The molecule has 0 fully saturated rings. The van der Waals surface area contributed by atoms with E-state index in [1.165, 1.54) is 5.56 Å². The van der Waals surface area contributed by atoms with Gasteiger partial charge < -0.3 is 0 Å². The van der Waals surface area contributed by atoms with E-state index >= 15 is 0 Å². The minimum Gasteiger partial charge on any atom is -0.0876 e. The maximum Gasteiger partial charge on any atom is 0.0438 e. The Labute approximate surface area is 74.3 Å². The van der Waals surface area contributed by atoms with Crippen LogP contribution in [0.25, 0.3) is 0 Å². The molecule has 2 heteroatoms. The Morgan fingerprint density at radius 3 is 2.70 bits per heavy atom. The van der Waals surface area contributed by atoms with Crippen molar-refractivity contribution in [1.29, 1.82) is 0 Å². The molecule has 1 rings (SSSR count). The van der Waals surface area contributed by atoms with Gasteiger partial charge in [-0.05, 0) is 24.1 Å². The summed E-state index contributed by atoms with van der Waals surface area (Å²) in [5.74, 6) is 0. The first kappa shape index (κ1) is 8.09. The normalized spacial score (nSPS) is 9.90. The van der Waals surface area contributed by atoms with Crippen molar-refractivity contribution in [3.63, 3.8) is 0 Å². The monoisotopic (exact) mass is 218 g/mol. The van der Waals surface area contributed by atoms with E-state index in [4.69, 9.17) is 11.6 Å². The molecule has 54 valence electrons. The van der Waals surface area contributed by atoms with E-state index in [2.05, 4.69) is 22.0 Å². The van der Waals surface area contributed by atoms with Crippen LogP contribution in [0.2, 0.25) is 5.02 Å². The lowest BCUT2D eigenvalue weighted by Crippen LogP contribution is -1.79. The molecule has 0 N–H and O–H groups in total. The highest BCUT2D eigenvalue weighted by Gasteiger charge is 1.94. The molecule has 0 atom stereocenters. The van der Waals surface area contributed by atoms with Crippen LogP contribution >= 0.6 is 27.5 Å². The molecular formula is C8H8BrCl. The third-order valence-electron chi connectivity index (χ3n) is 1.39. The maximum absolute atomic E-state index is 5.87. The largest absolute Gasteiger partial charge is 0.0876 e. The third-order valence-corrected chi connectivity index (χ3v) is 2.45. The average molecular weight is 220 g/mol. The molecule has 10 heavy (non-hydrogen) atoms. The molecule has 0 aliphatic carbocycles. The van der Waals surface area contributed by atoms with E-state index in [-0.39, 0.29) is 0 Å². The summed E-state index contributed by atoms with van der Waals surface area (Å²) in [4.78, 5) is 0. The number of rotatable bonds is 1. The highest BCUT2D eigenvalue weighted by molar-refractivity contribution is 9.08. The van der Waals surface area contributed by atoms with Gasteiger partial charge in [0.2, 0.25) is 0 Å². The molecule has 0 saturated heterocycles. The second kappa shape index (κ2) is 3.40. The zero-order chi connectivity index (χ0) is 7.56. The van der Waals surface area contributed by atoms with Crippen LogP contribution in [0.15, 0.2) is 18.2 Å². The number of hydrogen-bond donors (Lipinski definition) is 0. The van der Waals surface area contributed by atoms with E-state index in [0.717, 1.165) is 15.9 Å². The van der Waals surface area contributed by atoms with E-state index in [1.807, 2.05) is 19.1 Å². The summed E-state index contributed by atoms with van der Waals surface area (Å²) >= 11 is 9.23. The molecule has 0 heterocycles. The average Bonchev–Trinajstić information content (AvgIpc) is 1.95. The lowest BCUT2D eigenvalue weighted by Gasteiger charge is -1.98. The van der Waals surface area contributed by atoms with Crippen molar-refractivity contribution in [3.05, 3.63) is 34.3 Å². The van der Waals surface area contributed by atoms with Gasteiger partial charge in [0.1, 0.15) is 0 Å². The second-order valence-electron chi connectivity index (χ2n) is 2.22. The van der Waals surface area contributed by atoms with Crippen LogP contribution < -0.4 is 0 Å². The lowest BCUT2D eigenvalue weighted by molar-refractivity contribution is 1.38. The fourth-order valence-electron chi connectivity index (χ4n) is 0.719. The number of hydrogen-bond acceptors (Lipinski definition) is 0. The smallest absolute Gasteiger partial charge is 0.0438 e. The van der Waals surface area contributed by atoms with Crippen LogP contribution in [-0.2, 0) is 5.33 Å². The first-order valence-electron chi connectivity index (χ1n) is 3.05. The van der Waals surface area contributed by atoms with E-state index < -0.39 is 0 Å². The van der Waals surface area contributed by atoms with Gasteiger partial charge in [-0.1, -0.05) is 39.7 Å². The Balaban J connectivity index is 3.04. The van der Waals surface area contributed by atoms with Gasteiger partial charge in [0.15, 0.2) is 0 Å². The van der Waals surface area contributed by atoms with Gasteiger partial charge in [-0.25, -0.2) is 0 Å². The summed E-state index contributed by atoms with van der Waals surface area (Å²) in [5, 5.41) is 1.71. The lowest BCUT2D eigenvalue weighted by atomic mass is 10.2. The quantitative estimate of drug-likeness (QED) is 0.634. The van der Waals surface area contributed by atoms with Gasteiger partial charge >= 0.3 is 0 Å². The zero-order valence-corrected chi connectivity index (χ0v) is 8.04. The second-order valence-corrected chi connectivity index (χ2v) is 3.19. The van der Waals surface area contributed by atoms with Gasteiger partial charge in [0, 0.05) is 10.4 Å². The fraction of sp³-hybridized carbons (Fsp3) is 0.250. The summed E-state index contributed by atoms with van der Waals surface area (Å²) < 4.78 is 0. The zero-order valence-electron chi connectivity index (χ0n) is 5.70. The van der Waals surface area contributed by atoms with Crippen molar-refractivity contribution in [2.75, 3.05) is 0 Å². The molecule has 0 nitrogen and oxygen atoms in total. The van der Waals surface area contributed by atoms with Gasteiger partial charge in [-0.2, -0.15) is 0 Å². The Hall–Kier alpha value is -0.0100. The third kappa shape index (κ3) is 1.74. The van der Waals surface area contributed by atoms with Crippen molar-refractivity contribution in [3.8, 4) is 0 Å². The van der Waals surface area contributed by atoms with E-state index in [1.54, 1.807) is 0 Å². The molecule has 0 radical (unpaired) electrons. The van der Waals surface area contributed by atoms with Crippen molar-refractivity contribution in [2.24, 2.45) is 0 Å². The molecule has 0 aliphatic heterocycles. The Bertz CT molecular complexity index is 233. The van der Waals surface area contributed by atoms with Crippen LogP contribution in [0.5, 0.6) is 0 Å². The number of benzene rings is 1. The Morgan fingerprint density at radius 1 is 1.50 bits per heavy atom. The van der Waals surface area contributed by atoms with Crippen molar-refractivity contribution >= 4 is 27.5 Å². The number of alkyl halides is 1. The highest BCUT2D eigenvalue weighted by Crippen LogP contribution is 2.17. The molecule has 0 amide bonds. The Morgan fingerprint density at radius 2 is 2.20 bits per heavy atom. The SMILES string of the molecule is Cc1ccc(CBr)cc1Cl. The summed E-state index contributed by atoms with van der Waals surface area (Å²) in [5.41, 5.74) is 2.35. The van der Waals surface area contributed by atoms with Crippen LogP contribution in [0, 0.1) is 6.92 Å². The summed E-state index contributed by atoms with van der Waals surface area (Å²) in [7, 11) is 0. The molecule has 0 spiro atoms. The molecule has 0 aliphatic rings. The van der Waals surface area contributed by atoms with Gasteiger partial charge in [-0.15, -0.1) is 0 Å². The molecule has 1 aromatic rings. The topological polar surface area (TPSA) is 0 Å². The van der Waals surface area contributed by atoms with Crippen LogP contribution in [-0.4, -0.2) is 0 Å². The maximum atomic E-state index is 5.87. The first-order valence-corrected chi connectivity index (χ1v) is 4.55. The minimum absolute atomic E-state index is 0.844. The molecule has 1 aromatic carbocycles. The minimum atomic E-state index is 0.844. The van der Waals surface area contributed by atoms with Crippen molar-refractivity contribution in [2.45, 2.75) is 12.3 Å². The number of aryl methyl sites for hydroxylation is 1. The standard InChI is InChI=1S/C8H8BrCl/c1-6-2-3-7(5-9)4-8(6)10/h2-4H,5H2,1H3. The van der Waals surface area contributed by atoms with Crippen molar-refractivity contribution < 1.29 is 0 Å². The highest BCUT2D eigenvalue weighted by atomic mass is 79.9. The van der Waals surface area contributed by atoms with Gasteiger partial charge in [0.25, 0.3) is 0 Å².